The zero-order valence-corrected chi connectivity index (χ0v) is 11.6. The number of hydrogen-bond donors (Lipinski definition) is 1. The molecule has 3 aliphatic rings. The summed E-state index contributed by atoms with van der Waals surface area (Å²) in [5.41, 5.74) is 0.362. The van der Waals surface area contributed by atoms with Gasteiger partial charge in [-0.15, -0.1) is 0 Å². The van der Waals surface area contributed by atoms with Crippen LogP contribution in [-0.2, 0) is 9.59 Å². The van der Waals surface area contributed by atoms with Crippen LogP contribution in [0.5, 0.6) is 0 Å². The highest BCUT2D eigenvalue weighted by atomic mass is 16.2. The minimum atomic E-state index is -0.960. The van der Waals surface area contributed by atoms with Crippen molar-refractivity contribution < 1.29 is 14.4 Å². The number of nitrogens with zero attached hydrogens (tertiary/aromatic N) is 1. The second-order valence-corrected chi connectivity index (χ2v) is 6.01. The van der Waals surface area contributed by atoms with Gasteiger partial charge in [-0.05, 0) is 38.5 Å². The lowest BCUT2D eigenvalue weighted by Gasteiger charge is -2.36. The van der Waals surface area contributed by atoms with Crippen LogP contribution in [0, 0.1) is 5.41 Å². The maximum absolute atomic E-state index is 12.6. The summed E-state index contributed by atoms with van der Waals surface area (Å²) >= 11 is 0. The third kappa shape index (κ3) is 2.05. The van der Waals surface area contributed by atoms with E-state index < -0.39 is 11.4 Å². The number of imide groups is 2. The van der Waals surface area contributed by atoms with E-state index in [0.29, 0.717) is 19.4 Å². The quantitative estimate of drug-likeness (QED) is 0.634. The number of nitrogens with one attached hydrogen (secondary N) is 1. The first-order chi connectivity index (χ1) is 9.63. The summed E-state index contributed by atoms with van der Waals surface area (Å²) in [6, 6.07) is -0.545. The molecule has 0 aromatic heterocycles. The molecule has 3 rings (SSSR count). The van der Waals surface area contributed by atoms with Crippen LogP contribution in [0.1, 0.15) is 51.4 Å². The van der Waals surface area contributed by atoms with Crippen LogP contribution in [0.3, 0.4) is 0 Å². The molecular weight excluding hydrogens is 256 g/mol. The SMILES string of the molecule is O=C1NC(=O)C2(CCCC2)C(=O)N1CCC1=CCCC1. The Hall–Kier alpha value is -1.65. The van der Waals surface area contributed by atoms with Crippen LogP contribution < -0.4 is 5.32 Å². The molecule has 1 aliphatic heterocycles. The number of urea groups is 1. The van der Waals surface area contributed by atoms with Crippen molar-refractivity contribution in [2.45, 2.75) is 51.4 Å². The smallest absolute Gasteiger partial charge is 0.277 e. The standard InChI is InChI=1S/C15H20N2O3/c18-12-15(8-3-4-9-15)13(19)17(14(20)16-12)10-7-11-5-1-2-6-11/h5H,1-4,6-10H2,(H,16,18,20). The maximum atomic E-state index is 12.6. The Bertz CT molecular complexity index is 489. The molecule has 0 radical (unpaired) electrons. The van der Waals surface area contributed by atoms with Crippen molar-refractivity contribution in [3.63, 3.8) is 0 Å². The number of allylic oxidation sites excluding steroid dienone is 1. The fraction of sp³-hybridized carbons (Fsp3) is 0.667. The van der Waals surface area contributed by atoms with Crippen molar-refractivity contribution in [3.8, 4) is 0 Å². The number of carbonyl (C=O) groups is 3. The minimum Gasteiger partial charge on any atom is -0.277 e. The summed E-state index contributed by atoms with van der Waals surface area (Å²) in [7, 11) is 0. The summed E-state index contributed by atoms with van der Waals surface area (Å²) in [4.78, 5) is 37.8. The van der Waals surface area contributed by atoms with Crippen molar-refractivity contribution in [1.82, 2.24) is 10.2 Å². The van der Waals surface area contributed by atoms with Gasteiger partial charge in [0.1, 0.15) is 5.41 Å². The Balaban J connectivity index is 1.73. The fourth-order valence-corrected chi connectivity index (χ4v) is 3.57. The summed E-state index contributed by atoms with van der Waals surface area (Å²) in [5, 5.41) is 2.38. The molecule has 5 nitrogen and oxygen atoms in total. The van der Waals surface area contributed by atoms with Crippen molar-refractivity contribution in [2.75, 3.05) is 6.54 Å². The van der Waals surface area contributed by atoms with E-state index >= 15 is 0 Å². The molecule has 2 fully saturated rings. The highest BCUT2D eigenvalue weighted by molar-refractivity contribution is 6.19. The Morgan fingerprint density at radius 3 is 2.55 bits per heavy atom. The molecule has 1 saturated carbocycles. The molecule has 0 atom stereocenters. The fourth-order valence-electron chi connectivity index (χ4n) is 3.57. The van der Waals surface area contributed by atoms with Crippen LogP contribution >= 0.6 is 0 Å². The first-order valence-electron chi connectivity index (χ1n) is 7.49. The first kappa shape index (κ1) is 13.3. The van der Waals surface area contributed by atoms with E-state index in [1.807, 2.05) is 0 Å². The average Bonchev–Trinajstić information content (AvgIpc) is 3.09. The number of barbiturate groups is 1. The lowest BCUT2D eigenvalue weighted by Crippen LogP contribution is -2.63. The van der Waals surface area contributed by atoms with Gasteiger partial charge in [-0.2, -0.15) is 0 Å². The highest BCUT2D eigenvalue weighted by Crippen LogP contribution is 2.41. The van der Waals surface area contributed by atoms with E-state index in [1.54, 1.807) is 0 Å². The highest BCUT2D eigenvalue weighted by Gasteiger charge is 2.54. The first-order valence-corrected chi connectivity index (χ1v) is 7.49. The van der Waals surface area contributed by atoms with Gasteiger partial charge < -0.3 is 0 Å². The lowest BCUT2D eigenvalue weighted by molar-refractivity contribution is -0.151. The van der Waals surface area contributed by atoms with Crippen molar-refractivity contribution >= 4 is 17.8 Å². The van der Waals surface area contributed by atoms with Gasteiger partial charge in [-0.1, -0.05) is 24.5 Å². The van der Waals surface area contributed by atoms with Crippen LogP contribution in [0.2, 0.25) is 0 Å². The van der Waals surface area contributed by atoms with E-state index in [2.05, 4.69) is 11.4 Å². The third-order valence-corrected chi connectivity index (χ3v) is 4.80. The third-order valence-electron chi connectivity index (χ3n) is 4.80. The minimum absolute atomic E-state index is 0.276. The van der Waals surface area contributed by atoms with Gasteiger partial charge in [-0.3, -0.25) is 19.8 Å². The van der Waals surface area contributed by atoms with Gasteiger partial charge in [0.2, 0.25) is 11.8 Å². The molecule has 20 heavy (non-hydrogen) atoms. The van der Waals surface area contributed by atoms with Gasteiger partial charge >= 0.3 is 6.03 Å². The molecule has 1 saturated heterocycles. The van der Waals surface area contributed by atoms with Gasteiger partial charge in [0, 0.05) is 6.54 Å². The molecular formula is C15H20N2O3. The maximum Gasteiger partial charge on any atom is 0.330 e. The molecule has 2 aliphatic carbocycles. The van der Waals surface area contributed by atoms with Crippen molar-refractivity contribution in [2.24, 2.45) is 5.41 Å². The number of hydrogen-bond acceptors (Lipinski definition) is 3. The zero-order valence-electron chi connectivity index (χ0n) is 11.6. The predicted octanol–water partition coefficient (Wildman–Crippen LogP) is 2.13. The number of rotatable bonds is 3. The molecule has 0 aromatic rings. The monoisotopic (exact) mass is 276 g/mol. The van der Waals surface area contributed by atoms with Gasteiger partial charge in [0.05, 0.1) is 0 Å². The van der Waals surface area contributed by atoms with E-state index in [0.717, 1.165) is 38.5 Å². The predicted molar refractivity (Wildman–Crippen MR) is 72.7 cm³/mol. The van der Waals surface area contributed by atoms with E-state index in [1.165, 1.54) is 10.5 Å². The molecule has 1 spiro atoms. The van der Waals surface area contributed by atoms with E-state index in [-0.39, 0.29) is 11.8 Å². The number of amides is 4. The topological polar surface area (TPSA) is 66.5 Å². The molecule has 4 amide bonds. The largest absolute Gasteiger partial charge is 0.330 e. The summed E-state index contributed by atoms with van der Waals surface area (Å²) in [5.74, 6) is -0.663. The molecule has 108 valence electrons. The Morgan fingerprint density at radius 1 is 1.15 bits per heavy atom. The van der Waals surface area contributed by atoms with Crippen LogP contribution in [0.25, 0.3) is 0 Å². The number of carbonyl (C=O) groups excluding carboxylic acids is 3. The van der Waals surface area contributed by atoms with Gasteiger partial charge in [0.25, 0.3) is 0 Å². The Kier molecular flexibility index (Phi) is 3.36. The average molecular weight is 276 g/mol. The van der Waals surface area contributed by atoms with Crippen LogP contribution in [0.4, 0.5) is 4.79 Å². The van der Waals surface area contributed by atoms with Crippen molar-refractivity contribution in [3.05, 3.63) is 11.6 Å². The lowest BCUT2D eigenvalue weighted by atomic mass is 9.82. The Morgan fingerprint density at radius 2 is 1.90 bits per heavy atom. The molecule has 0 unspecified atom stereocenters. The van der Waals surface area contributed by atoms with Gasteiger partial charge in [-0.25, -0.2) is 4.79 Å². The summed E-state index contributed by atoms with van der Waals surface area (Å²) in [6.07, 6.45) is 9.17. The molecule has 1 N–H and O–H groups in total. The van der Waals surface area contributed by atoms with Crippen LogP contribution in [-0.4, -0.2) is 29.3 Å². The van der Waals surface area contributed by atoms with Crippen molar-refractivity contribution in [1.29, 1.82) is 0 Å². The normalized spacial score (nSPS) is 25.3. The van der Waals surface area contributed by atoms with Crippen LogP contribution in [0.15, 0.2) is 11.6 Å². The second-order valence-electron chi connectivity index (χ2n) is 6.01. The second kappa shape index (κ2) is 5.04. The Labute approximate surface area is 118 Å². The summed E-state index contributed by atoms with van der Waals surface area (Å²) in [6.45, 7) is 0.394. The van der Waals surface area contributed by atoms with E-state index in [4.69, 9.17) is 0 Å². The summed E-state index contributed by atoms with van der Waals surface area (Å²) < 4.78 is 0. The van der Waals surface area contributed by atoms with Gasteiger partial charge in [0.15, 0.2) is 0 Å². The molecule has 5 heteroatoms. The molecule has 0 bridgehead atoms. The molecule has 1 heterocycles. The molecule has 0 aromatic carbocycles. The zero-order chi connectivity index (χ0) is 14.2. The van der Waals surface area contributed by atoms with E-state index in [9.17, 15) is 14.4 Å².